The van der Waals surface area contributed by atoms with Gasteiger partial charge in [-0.1, -0.05) is 64.3 Å². The lowest BCUT2D eigenvalue weighted by atomic mass is 9.89. The van der Waals surface area contributed by atoms with Gasteiger partial charge >= 0.3 is 0 Å². The molecular weight excluding hydrogens is 520 g/mol. The molecule has 0 unspecified atom stereocenters. The SMILES string of the molecule is CCCCN(C(=O)CN)[C@@H]([C@@H](C)CC)[C@@H](CC(=O)N1CCC[C@H]1[C@H](OC)[C@@H](C)C(=O)NCCC1=CC=CCC1)OC. The molecule has 0 bridgehead atoms. The molecule has 41 heavy (non-hydrogen) atoms. The maximum Gasteiger partial charge on any atom is 0.236 e. The molecule has 1 aliphatic heterocycles. The molecule has 0 aromatic carbocycles. The van der Waals surface area contributed by atoms with Gasteiger partial charge in [0.1, 0.15) is 0 Å². The average molecular weight is 577 g/mol. The summed E-state index contributed by atoms with van der Waals surface area (Å²) in [6, 6.07) is -0.448. The van der Waals surface area contributed by atoms with Gasteiger partial charge in [-0.25, -0.2) is 0 Å². The summed E-state index contributed by atoms with van der Waals surface area (Å²) in [5.41, 5.74) is 7.14. The van der Waals surface area contributed by atoms with Crippen molar-refractivity contribution in [2.45, 2.75) is 110 Å². The number of carbonyl (C=O) groups excluding carboxylic acids is 3. The molecule has 0 radical (unpaired) electrons. The monoisotopic (exact) mass is 576 g/mol. The Balaban J connectivity index is 2.12. The normalized spacial score (nSPS) is 20.6. The minimum Gasteiger partial charge on any atom is -0.379 e. The molecule has 1 heterocycles. The van der Waals surface area contributed by atoms with Crippen molar-refractivity contribution in [1.29, 1.82) is 0 Å². The third kappa shape index (κ3) is 9.93. The van der Waals surface area contributed by atoms with Crippen LogP contribution in [0.25, 0.3) is 0 Å². The zero-order chi connectivity index (χ0) is 30.4. The van der Waals surface area contributed by atoms with Crippen molar-refractivity contribution >= 4 is 17.7 Å². The molecule has 2 aliphatic rings. The van der Waals surface area contributed by atoms with E-state index in [1.807, 2.05) is 16.7 Å². The lowest BCUT2D eigenvalue weighted by Gasteiger charge is -2.41. The van der Waals surface area contributed by atoms with E-state index < -0.39 is 18.1 Å². The number of likely N-dealkylation sites (tertiary alicyclic amines) is 1. The highest BCUT2D eigenvalue weighted by Crippen LogP contribution is 2.29. The first-order valence-corrected chi connectivity index (χ1v) is 15.7. The number of nitrogens with one attached hydrogen (secondary N) is 1. The Kier molecular flexibility index (Phi) is 15.6. The van der Waals surface area contributed by atoms with Crippen LogP contribution in [0.4, 0.5) is 0 Å². The molecule has 0 aromatic heterocycles. The second kappa shape index (κ2) is 18.3. The van der Waals surface area contributed by atoms with Crippen LogP contribution in [0.1, 0.15) is 85.5 Å². The fourth-order valence-electron chi connectivity index (χ4n) is 6.29. The average Bonchev–Trinajstić information content (AvgIpc) is 3.48. The Morgan fingerprint density at radius 1 is 1.20 bits per heavy atom. The minimum absolute atomic E-state index is 0.0322. The molecule has 9 nitrogen and oxygen atoms in total. The Morgan fingerprint density at radius 3 is 2.54 bits per heavy atom. The zero-order valence-corrected chi connectivity index (χ0v) is 26.4. The number of amides is 3. The van der Waals surface area contributed by atoms with Crippen molar-refractivity contribution in [2.75, 3.05) is 40.4 Å². The van der Waals surface area contributed by atoms with Crippen LogP contribution in [0.15, 0.2) is 23.8 Å². The first-order valence-electron chi connectivity index (χ1n) is 15.7. The minimum atomic E-state index is -0.461. The van der Waals surface area contributed by atoms with Crippen LogP contribution in [0.2, 0.25) is 0 Å². The number of carbonyl (C=O) groups is 3. The lowest BCUT2D eigenvalue weighted by molar-refractivity contribution is -0.146. The van der Waals surface area contributed by atoms with E-state index in [1.54, 1.807) is 14.2 Å². The maximum atomic E-state index is 13.8. The third-order valence-corrected chi connectivity index (χ3v) is 8.92. The third-order valence-electron chi connectivity index (χ3n) is 8.92. The van der Waals surface area contributed by atoms with E-state index in [0.717, 1.165) is 51.4 Å². The maximum absolute atomic E-state index is 13.8. The van der Waals surface area contributed by atoms with Crippen LogP contribution in [0, 0.1) is 11.8 Å². The van der Waals surface area contributed by atoms with E-state index in [0.29, 0.717) is 19.6 Å². The number of hydrogen-bond acceptors (Lipinski definition) is 6. The molecular formula is C32H56N4O5. The fourth-order valence-corrected chi connectivity index (χ4v) is 6.29. The number of unbranched alkanes of at least 4 members (excludes halogenated alkanes) is 1. The van der Waals surface area contributed by atoms with Gasteiger partial charge in [-0.05, 0) is 44.4 Å². The molecule has 9 heteroatoms. The van der Waals surface area contributed by atoms with Gasteiger partial charge in [0.15, 0.2) is 0 Å². The molecule has 3 amide bonds. The second-order valence-corrected chi connectivity index (χ2v) is 11.6. The van der Waals surface area contributed by atoms with Crippen molar-refractivity contribution in [3.63, 3.8) is 0 Å². The number of methoxy groups -OCH3 is 2. The van der Waals surface area contributed by atoms with Gasteiger partial charge in [-0.3, -0.25) is 14.4 Å². The summed E-state index contributed by atoms with van der Waals surface area (Å²) >= 11 is 0. The highest BCUT2D eigenvalue weighted by molar-refractivity contribution is 5.81. The van der Waals surface area contributed by atoms with Crippen LogP contribution >= 0.6 is 0 Å². The molecule has 234 valence electrons. The molecule has 1 aliphatic carbocycles. The van der Waals surface area contributed by atoms with E-state index in [1.165, 1.54) is 5.57 Å². The Labute approximate surface area is 248 Å². The van der Waals surface area contributed by atoms with Gasteiger partial charge < -0.3 is 30.3 Å². The van der Waals surface area contributed by atoms with Crippen molar-refractivity contribution in [3.8, 4) is 0 Å². The van der Waals surface area contributed by atoms with Gasteiger partial charge in [0, 0.05) is 33.9 Å². The summed E-state index contributed by atoms with van der Waals surface area (Å²) < 4.78 is 11.8. The van der Waals surface area contributed by atoms with Crippen LogP contribution in [0.3, 0.4) is 0 Å². The van der Waals surface area contributed by atoms with Gasteiger partial charge in [-0.15, -0.1) is 0 Å². The molecule has 1 saturated heterocycles. The number of allylic oxidation sites excluding steroid dienone is 3. The van der Waals surface area contributed by atoms with Crippen LogP contribution in [0.5, 0.6) is 0 Å². The zero-order valence-electron chi connectivity index (χ0n) is 26.4. The molecule has 2 rings (SSSR count). The number of rotatable bonds is 18. The van der Waals surface area contributed by atoms with E-state index in [4.69, 9.17) is 15.2 Å². The Hall–Kier alpha value is -2.23. The Bertz CT molecular complexity index is 891. The lowest BCUT2D eigenvalue weighted by Crippen LogP contribution is -2.55. The van der Waals surface area contributed by atoms with Gasteiger partial charge in [0.25, 0.3) is 0 Å². The highest BCUT2D eigenvalue weighted by atomic mass is 16.5. The van der Waals surface area contributed by atoms with Crippen LogP contribution in [-0.2, 0) is 23.9 Å². The molecule has 0 saturated carbocycles. The highest BCUT2D eigenvalue weighted by Gasteiger charge is 2.42. The van der Waals surface area contributed by atoms with E-state index >= 15 is 0 Å². The first-order chi connectivity index (χ1) is 19.7. The van der Waals surface area contributed by atoms with Crippen molar-refractivity contribution in [3.05, 3.63) is 23.8 Å². The fraction of sp³-hybridized carbons (Fsp3) is 0.781. The van der Waals surface area contributed by atoms with Crippen molar-refractivity contribution in [2.24, 2.45) is 17.6 Å². The van der Waals surface area contributed by atoms with Crippen molar-refractivity contribution < 1.29 is 23.9 Å². The number of ether oxygens (including phenoxy) is 2. The second-order valence-electron chi connectivity index (χ2n) is 11.6. The first kappa shape index (κ1) is 35.0. The number of nitrogens with zero attached hydrogens (tertiary/aromatic N) is 2. The molecule has 0 spiro atoms. The molecule has 3 N–H and O–H groups in total. The number of nitrogens with two attached hydrogens (primary N) is 1. The quantitative estimate of drug-likeness (QED) is 0.256. The smallest absolute Gasteiger partial charge is 0.236 e. The van der Waals surface area contributed by atoms with E-state index in [-0.39, 0.29) is 48.7 Å². The predicted octanol–water partition coefficient (Wildman–Crippen LogP) is 3.82. The summed E-state index contributed by atoms with van der Waals surface area (Å²) in [6.07, 6.45) is 12.9. The Morgan fingerprint density at radius 2 is 1.95 bits per heavy atom. The van der Waals surface area contributed by atoms with Gasteiger partial charge in [0.05, 0.1) is 43.2 Å². The van der Waals surface area contributed by atoms with E-state index in [9.17, 15) is 14.4 Å². The van der Waals surface area contributed by atoms with Crippen LogP contribution in [-0.4, -0.2) is 92.2 Å². The summed E-state index contributed by atoms with van der Waals surface area (Å²) in [4.78, 5) is 43.6. The summed E-state index contributed by atoms with van der Waals surface area (Å²) in [6.45, 7) is 9.90. The summed E-state index contributed by atoms with van der Waals surface area (Å²) in [7, 11) is 3.24. The van der Waals surface area contributed by atoms with Crippen LogP contribution < -0.4 is 11.1 Å². The number of hydrogen-bond donors (Lipinski definition) is 2. The standard InChI is InChI=1S/C32H56N4O5/c1-7-9-19-36(29(38)22-33)30(23(3)8-2)27(40-5)21-28(37)35-20-13-16-26(35)31(41-6)24(4)32(39)34-18-17-25-14-11-10-12-15-25/h10-11,14,23-24,26-27,30-31H,7-9,12-13,15-22,33H2,1-6H3,(H,34,39)/t23-,24+,26-,27+,30-,31+/m0/s1. The van der Waals surface area contributed by atoms with Gasteiger partial charge in [-0.2, -0.15) is 0 Å². The van der Waals surface area contributed by atoms with E-state index in [2.05, 4.69) is 44.3 Å². The van der Waals surface area contributed by atoms with Gasteiger partial charge in [0.2, 0.25) is 17.7 Å². The summed E-state index contributed by atoms with van der Waals surface area (Å²) in [5, 5.41) is 3.08. The topological polar surface area (TPSA) is 114 Å². The van der Waals surface area contributed by atoms with Crippen molar-refractivity contribution in [1.82, 2.24) is 15.1 Å². The predicted molar refractivity (Wildman–Crippen MR) is 163 cm³/mol. The largest absolute Gasteiger partial charge is 0.379 e. The molecule has 6 atom stereocenters. The molecule has 1 fully saturated rings. The summed E-state index contributed by atoms with van der Waals surface area (Å²) in [5.74, 6) is -0.480. The molecule has 0 aromatic rings.